The van der Waals surface area contributed by atoms with Crippen molar-refractivity contribution in [2.45, 2.75) is 39.2 Å². The molecule has 0 fully saturated rings. The van der Waals surface area contributed by atoms with Crippen molar-refractivity contribution in [1.82, 2.24) is 15.6 Å². The molecule has 0 saturated carbocycles. The number of hydrogen-bond donors (Lipinski definition) is 3. The fourth-order valence-corrected chi connectivity index (χ4v) is 3.74. The van der Waals surface area contributed by atoms with Gasteiger partial charge in [-0.3, -0.25) is 9.78 Å². The molecule has 1 aliphatic heterocycles. The number of para-hydroxylation sites is 1. The molecule has 1 unspecified atom stereocenters. The van der Waals surface area contributed by atoms with Gasteiger partial charge >= 0.3 is 6.03 Å². The molecule has 3 amide bonds. The standard InChI is InChI=1S/C25H26N4O2/c1-4-15(2)23-13-21(20-7-5-6-8-22(20)29-23)24(30)28-19-10-9-17-14-26-25(31)27-16(3)11-18(17)12-19/h5-10,12-13,15H,3-4,11,14H2,1-2H3,(H,28,30)(H2,26,27,31). The van der Waals surface area contributed by atoms with Crippen molar-refractivity contribution < 1.29 is 9.59 Å². The molecular weight excluding hydrogens is 388 g/mol. The van der Waals surface area contributed by atoms with E-state index in [1.54, 1.807) is 0 Å². The number of nitrogens with one attached hydrogen (secondary N) is 3. The molecule has 2 aromatic carbocycles. The number of carbonyl (C=O) groups excluding carboxylic acids is 2. The van der Waals surface area contributed by atoms with Crippen LogP contribution < -0.4 is 16.0 Å². The van der Waals surface area contributed by atoms with E-state index < -0.39 is 0 Å². The molecule has 1 atom stereocenters. The fourth-order valence-electron chi connectivity index (χ4n) is 3.74. The Kier molecular flexibility index (Phi) is 5.71. The van der Waals surface area contributed by atoms with Crippen molar-refractivity contribution >= 4 is 28.5 Å². The van der Waals surface area contributed by atoms with Gasteiger partial charge in [0.05, 0.1) is 11.1 Å². The summed E-state index contributed by atoms with van der Waals surface area (Å²) >= 11 is 0. The van der Waals surface area contributed by atoms with Crippen molar-refractivity contribution in [2.24, 2.45) is 0 Å². The number of rotatable bonds is 4. The van der Waals surface area contributed by atoms with Crippen LogP contribution in [0.15, 0.2) is 60.8 Å². The summed E-state index contributed by atoms with van der Waals surface area (Å²) in [5, 5.41) is 9.38. The van der Waals surface area contributed by atoms with Crippen LogP contribution in [0.5, 0.6) is 0 Å². The van der Waals surface area contributed by atoms with Crippen LogP contribution in [0, 0.1) is 0 Å². The zero-order chi connectivity index (χ0) is 22.0. The zero-order valence-corrected chi connectivity index (χ0v) is 17.8. The summed E-state index contributed by atoms with van der Waals surface area (Å²) < 4.78 is 0. The van der Waals surface area contributed by atoms with Gasteiger partial charge in [0.25, 0.3) is 5.91 Å². The van der Waals surface area contributed by atoms with E-state index >= 15 is 0 Å². The van der Waals surface area contributed by atoms with Crippen molar-refractivity contribution in [3.05, 3.63) is 83.2 Å². The van der Waals surface area contributed by atoms with E-state index in [0.717, 1.165) is 34.1 Å². The Balaban J connectivity index is 1.66. The molecule has 3 N–H and O–H groups in total. The Morgan fingerprint density at radius 3 is 2.81 bits per heavy atom. The maximum absolute atomic E-state index is 13.3. The highest BCUT2D eigenvalue weighted by Gasteiger charge is 2.17. The smallest absolute Gasteiger partial charge is 0.319 e. The third kappa shape index (κ3) is 4.43. The number of fused-ring (bicyclic) bond motifs is 2. The molecule has 3 aromatic rings. The van der Waals surface area contributed by atoms with Crippen molar-refractivity contribution in [2.75, 3.05) is 5.32 Å². The van der Waals surface area contributed by atoms with E-state index in [1.165, 1.54) is 0 Å². The van der Waals surface area contributed by atoms with Crippen LogP contribution in [0.25, 0.3) is 10.9 Å². The molecule has 31 heavy (non-hydrogen) atoms. The number of amides is 3. The lowest BCUT2D eigenvalue weighted by atomic mass is 9.99. The average molecular weight is 415 g/mol. The summed E-state index contributed by atoms with van der Waals surface area (Å²) in [6, 6.07) is 15.1. The second-order valence-electron chi connectivity index (χ2n) is 7.95. The Bertz CT molecular complexity index is 1190. The number of allylic oxidation sites excluding steroid dienone is 1. The van der Waals surface area contributed by atoms with Gasteiger partial charge < -0.3 is 16.0 Å². The molecule has 1 aliphatic rings. The van der Waals surface area contributed by atoms with Crippen LogP contribution in [0.1, 0.15) is 53.4 Å². The summed E-state index contributed by atoms with van der Waals surface area (Å²) in [4.78, 5) is 29.7. The molecule has 1 aromatic heterocycles. The number of carbonyl (C=O) groups is 2. The van der Waals surface area contributed by atoms with E-state index in [4.69, 9.17) is 4.98 Å². The first kappa shape index (κ1) is 20.6. The third-order valence-electron chi connectivity index (χ3n) is 5.70. The van der Waals surface area contributed by atoms with Crippen LogP contribution in [-0.4, -0.2) is 16.9 Å². The molecule has 0 saturated heterocycles. The lowest BCUT2D eigenvalue weighted by Gasteiger charge is -2.19. The summed E-state index contributed by atoms with van der Waals surface area (Å²) in [5.74, 6) is 0.0977. The maximum Gasteiger partial charge on any atom is 0.319 e. The lowest BCUT2D eigenvalue weighted by molar-refractivity contribution is 0.102. The molecule has 158 valence electrons. The number of aromatic nitrogens is 1. The Morgan fingerprint density at radius 2 is 2.00 bits per heavy atom. The van der Waals surface area contributed by atoms with Gasteiger partial charge in [0.2, 0.25) is 0 Å². The molecule has 0 aliphatic carbocycles. The molecule has 0 bridgehead atoms. The van der Waals surface area contributed by atoms with Gasteiger partial charge in [-0.2, -0.15) is 0 Å². The van der Waals surface area contributed by atoms with Crippen LogP contribution >= 0.6 is 0 Å². The Hall–Kier alpha value is -3.67. The summed E-state index contributed by atoms with van der Waals surface area (Å²) in [7, 11) is 0. The van der Waals surface area contributed by atoms with Gasteiger partial charge in [-0.05, 0) is 47.7 Å². The second-order valence-corrected chi connectivity index (χ2v) is 7.95. The first-order chi connectivity index (χ1) is 14.9. The van der Waals surface area contributed by atoms with Gasteiger partial charge in [-0.25, -0.2) is 4.79 Å². The van der Waals surface area contributed by atoms with Crippen LogP contribution in [0.4, 0.5) is 10.5 Å². The molecule has 6 heteroatoms. The van der Waals surface area contributed by atoms with Gasteiger partial charge in [0.15, 0.2) is 0 Å². The molecule has 2 heterocycles. The fraction of sp³-hybridized carbons (Fsp3) is 0.240. The first-order valence-corrected chi connectivity index (χ1v) is 10.5. The predicted molar refractivity (Wildman–Crippen MR) is 123 cm³/mol. The summed E-state index contributed by atoms with van der Waals surface area (Å²) in [6.45, 7) is 8.57. The van der Waals surface area contributed by atoms with Gasteiger partial charge in [-0.15, -0.1) is 0 Å². The number of pyridine rings is 1. The van der Waals surface area contributed by atoms with Crippen LogP contribution in [0.3, 0.4) is 0 Å². The first-order valence-electron chi connectivity index (χ1n) is 10.5. The third-order valence-corrected chi connectivity index (χ3v) is 5.70. The second kappa shape index (κ2) is 8.60. The SMILES string of the molecule is C=C1Cc2cc(NC(=O)c3cc(C(C)CC)nc4ccccc34)ccc2CNC(=O)N1. The minimum absolute atomic E-state index is 0.167. The average Bonchev–Trinajstić information content (AvgIpc) is 2.76. The number of nitrogens with zero attached hydrogens (tertiary/aromatic N) is 1. The number of anilines is 1. The number of urea groups is 1. The minimum atomic E-state index is -0.255. The minimum Gasteiger partial charge on any atom is -0.334 e. The maximum atomic E-state index is 13.3. The highest BCUT2D eigenvalue weighted by molar-refractivity contribution is 6.12. The van der Waals surface area contributed by atoms with E-state index in [9.17, 15) is 9.59 Å². The Labute approximate surface area is 181 Å². The van der Waals surface area contributed by atoms with Gasteiger partial charge in [-0.1, -0.05) is 44.7 Å². The Morgan fingerprint density at radius 1 is 1.19 bits per heavy atom. The van der Waals surface area contributed by atoms with E-state index in [1.807, 2.05) is 48.5 Å². The lowest BCUT2D eigenvalue weighted by Crippen LogP contribution is -2.36. The van der Waals surface area contributed by atoms with Gasteiger partial charge in [0.1, 0.15) is 0 Å². The number of benzene rings is 2. The van der Waals surface area contributed by atoms with Crippen molar-refractivity contribution in [3.8, 4) is 0 Å². The molecule has 0 radical (unpaired) electrons. The normalized spacial score (nSPS) is 14.6. The molecule has 0 spiro atoms. The molecule has 4 rings (SSSR count). The largest absolute Gasteiger partial charge is 0.334 e. The quantitative estimate of drug-likeness (QED) is 0.570. The molecular formula is C25H26N4O2. The van der Waals surface area contributed by atoms with E-state index in [-0.39, 0.29) is 17.9 Å². The van der Waals surface area contributed by atoms with Crippen LogP contribution in [-0.2, 0) is 13.0 Å². The highest BCUT2D eigenvalue weighted by atomic mass is 16.2. The van der Waals surface area contributed by atoms with Gasteiger partial charge in [0, 0.05) is 35.4 Å². The van der Waals surface area contributed by atoms with E-state index in [2.05, 4.69) is 36.4 Å². The topological polar surface area (TPSA) is 83.1 Å². The highest BCUT2D eigenvalue weighted by Crippen LogP contribution is 2.26. The van der Waals surface area contributed by atoms with Crippen molar-refractivity contribution in [3.63, 3.8) is 0 Å². The number of hydrogen-bond acceptors (Lipinski definition) is 3. The monoisotopic (exact) mass is 414 g/mol. The van der Waals surface area contributed by atoms with E-state index in [0.29, 0.717) is 29.9 Å². The zero-order valence-electron chi connectivity index (χ0n) is 17.8. The van der Waals surface area contributed by atoms with Crippen LogP contribution in [0.2, 0.25) is 0 Å². The van der Waals surface area contributed by atoms with Crippen molar-refractivity contribution in [1.29, 1.82) is 0 Å². The summed E-state index contributed by atoms with van der Waals surface area (Å²) in [5.41, 5.74) is 5.68. The summed E-state index contributed by atoms with van der Waals surface area (Å²) in [6.07, 6.45) is 1.47. The predicted octanol–water partition coefficient (Wildman–Crippen LogP) is 4.87. The molecule has 6 nitrogen and oxygen atoms in total.